The number of rotatable bonds is 6. The Morgan fingerprint density at radius 1 is 1.30 bits per heavy atom. The predicted octanol–water partition coefficient (Wildman–Crippen LogP) is 2.52. The second kappa shape index (κ2) is 7.02. The molecule has 1 aliphatic rings. The molecule has 0 aliphatic carbocycles. The Bertz CT molecular complexity index is 554. The smallest absolute Gasteiger partial charge is 0.241 e. The Balaban J connectivity index is 1.87. The lowest BCUT2D eigenvalue weighted by molar-refractivity contribution is 0.334. The van der Waals surface area contributed by atoms with Crippen LogP contribution < -0.4 is 4.72 Å². The number of benzene rings is 1. The van der Waals surface area contributed by atoms with Gasteiger partial charge in [-0.2, -0.15) is 0 Å². The molecule has 1 saturated heterocycles. The number of nitrogens with one attached hydrogen (secondary N) is 1. The average molecular weight is 361 g/mol. The van der Waals surface area contributed by atoms with Crippen LogP contribution in [0.25, 0.3) is 0 Å². The highest BCUT2D eigenvalue weighted by molar-refractivity contribution is 9.10. The number of hydrogen-bond donors (Lipinski definition) is 1. The minimum absolute atomic E-state index is 0.310. The summed E-state index contributed by atoms with van der Waals surface area (Å²) in [5, 5.41) is 0. The third kappa shape index (κ3) is 4.28. The van der Waals surface area contributed by atoms with Gasteiger partial charge in [0, 0.05) is 11.0 Å². The normalized spacial score (nSPS) is 16.7. The molecule has 0 amide bonds. The molecule has 20 heavy (non-hydrogen) atoms. The van der Waals surface area contributed by atoms with Gasteiger partial charge in [-0.1, -0.05) is 6.07 Å². The van der Waals surface area contributed by atoms with Gasteiger partial charge in [-0.25, -0.2) is 13.1 Å². The van der Waals surface area contributed by atoms with E-state index in [-0.39, 0.29) is 0 Å². The number of aryl methyl sites for hydroxylation is 1. The zero-order valence-electron chi connectivity index (χ0n) is 11.7. The average Bonchev–Trinajstić information content (AvgIpc) is 2.87. The number of sulfonamides is 1. The van der Waals surface area contributed by atoms with E-state index >= 15 is 0 Å². The summed E-state index contributed by atoms with van der Waals surface area (Å²) in [4.78, 5) is 2.69. The quantitative estimate of drug-likeness (QED) is 0.793. The maximum Gasteiger partial charge on any atom is 0.241 e. The lowest BCUT2D eigenvalue weighted by atomic mass is 10.2. The summed E-state index contributed by atoms with van der Waals surface area (Å²) in [5.74, 6) is 0. The van der Waals surface area contributed by atoms with Crippen molar-refractivity contribution in [3.8, 4) is 0 Å². The first-order chi connectivity index (χ1) is 9.49. The molecule has 1 heterocycles. The van der Waals surface area contributed by atoms with Crippen molar-refractivity contribution >= 4 is 26.0 Å². The van der Waals surface area contributed by atoms with Crippen LogP contribution in [0.2, 0.25) is 0 Å². The number of likely N-dealkylation sites (tertiary alicyclic amines) is 1. The highest BCUT2D eigenvalue weighted by atomic mass is 79.9. The molecule has 112 valence electrons. The fraction of sp³-hybridized carbons (Fsp3) is 0.571. The Labute approximate surface area is 129 Å². The molecule has 4 nitrogen and oxygen atoms in total. The van der Waals surface area contributed by atoms with Gasteiger partial charge < -0.3 is 4.90 Å². The Hall–Kier alpha value is -0.430. The van der Waals surface area contributed by atoms with E-state index < -0.39 is 10.0 Å². The molecule has 6 heteroatoms. The van der Waals surface area contributed by atoms with Crippen molar-refractivity contribution in [3.63, 3.8) is 0 Å². The van der Waals surface area contributed by atoms with Crippen molar-refractivity contribution in [2.24, 2.45) is 0 Å². The first kappa shape index (κ1) is 15.9. The zero-order valence-corrected chi connectivity index (χ0v) is 14.1. The van der Waals surface area contributed by atoms with Crippen LogP contribution in [-0.2, 0) is 10.0 Å². The minimum Gasteiger partial charge on any atom is -0.303 e. The van der Waals surface area contributed by atoms with E-state index in [9.17, 15) is 8.42 Å². The molecule has 0 unspecified atom stereocenters. The van der Waals surface area contributed by atoms with E-state index in [0.717, 1.165) is 31.6 Å². The summed E-state index contributed by atoms with van der Waals surface area (Å²) in [5.41, 5.74) is 1.03. The fourth-order valence-corrected chi connectivity index (χ4v) is 4.68. The Morgan fingerprint density at radius 3 is 2.65 bits per heavy atom. The van der Waals surface area contributed by atoms with E-state index in [4.69, 9.17) is 0 Å². The third-order valence-corrected chi connectivity index (χ3v) is 5.96. The van der Waals surface area contributed by atoms with Crippen molar-refractivity contribution in [1.29, 1.82) is 0 Å². The van der Waals surface area contributed by atoms with Crippen molar-refractivity contribution in [2.75, 3.05) is 26.2 Å². The molecule has 0 aromatic heterocycles. The first-order valence-corrected chi connectivity index (χ1v) is 9.25. The van der Waals surface area contributed by atoms with Gasteiger partial charge >= 0.3 is 0 Å². The van der Waals surface area contributed by atoms with E-state index in [1.165, 1.54) is 12.8 Å². The van der Waals surface area contributed by atoms with Gasteiger partial charge in [0.25, 0.3) is 0 Å². The van der Waals surface area contributed by atoms with Crippen molar-refractivity contribution in [3.05, 3.63) is 28.2 Å². The van der Waals surface area contributed by atoms with E-state index in [2.05, 4.69) is 25.6 Å². The largest absolute Gasteiger partial charge is 0.303 e. The molecule has 0 saturated carbocycles. The SMILES string of the molecule is Cc1ccc(S(=O)(=O)NCCCN2CCCC2)c(Br)c1. The highest BCUT2D eigenvalue weighted by Crippen LogP contribution is 2.22. The van der Waals surface area contributed by atoms with E-state index in [1.54, 1.807) is 6.07 Å². The van der Waals surface area contributed by atoms with Gasteiger partial charge in [0.05, 0.1) is 4.90 Å². The van der Waals surface area contributed by atoms with Crippen LogP contribution in [0.1, 0.15) is 24.8 Å². The Morgan fingerprint density at radius 2 is 2.00 bits per heavy atom. The van der Waals surface area contributed by atoms with Crippen LogP contribution in [0.15, 0.2) is 27.6 Å². The topological polar surface area (TPSA) is 49.4 Å². The zero-order chi connectivity index (χ0) is 14.6. The van der Waals surface area contributed by atoms with Crippen LogP contribution in [-0.4, -0.2) is 39.5 Å². The molecule has 0 spiro atoms. The number of nitrogens with zero attached hydrogens (tertiary/aromatic N) is 1. The molecular formula is C14H21BrN2O2S. The summed E-state index contributed by atoms with van der Waals surface area (Å²) in [6.45, 7) is 5.69. The molecule has 1 aromatic carbocycles. The molecule has 0 radical (unpaired) electrons. The minimum atomic E-state index is -3.42. The second-order valence-electron chi connectivity index (χ2n) is 5.23. The first-order valence-electron chi connectivity index (χ1n) is 6.97. The summed E-state index contributed by atoms with van der Waals surface area (Å²) in [6.07, 6.45) is 3.38. The van der Waals surface area contributed by atoms with Crippen molar-refractivity contribution in [2.45, 2.75) is 31.1 Å². The summed E-state index contributed by atoms with van der Waals surface area (Å²) >= 11 is 3.32. The van der Waals surface area contributed by atoms with Crippen LogP contribution >= 0.6 is 15.9 Å². The number of halogens is 1. The molecule has 1 aliphatic heterocycles. The molecular weight excluding hydrogens is 340 g/mol. The van der Waals surface area contributed by atoms with Crippen LogP contribution in [0.5, 0.6) is 0 Å². The van der Waals surface area contributed by atoms with Gasteiger partial charge in [-0.3, -0.25) is 0 Å². The monoisotopic (exact) mass is 360 g/mol. The second-order valence-corrected chi connectivity index (χ2v) is 7.82. The lowest BCUT2D eigenvalue weighted by Gasteiger charge is -2.14. The van der Waals surface area contributed by atoms with Gasteiger partial charge in [0.15, 0.2) is 0 Å². The van der Waals surface area contributed by atoms with Crippen LogP contribution in [0.3, 0.4) is 0 Å². The van der Waals surface area contributed by atoms with E-state index in [1.807, 2.05) is 19.1 Å². The predicted molar refractivity (Wildman–Crippen MR) is 84.4 cm³/mol. The van der Waals surface area contributed by atoms with Gasteiger partial charge in [-0.05, 0) is 79.4 Å². The standard InChI is InChI=1S/C14H21BrN2O2S/c1-12-5-6-14(13(15)11-12)20(18,19)16-7-4-10-17-8-2-3-9-17/h5-6,11,16H,2-4,7-10H2,1H3. The van der Waals surface area contributed by atoms with Crippen molar-refractivity contribution < 1.29 is 8.42 Å². The van der Waals surface area contributed by atoms with Gasteiger partial charge in [0.1, 0.15) is 0 Å². The third-order valence-electron chi connectivity index (χ3n) is 3.52. The lowest BCUT2D eigenvalue weighted by Crippen LogP contribution is -2.29. The molecule has 1 fully saturated rings. The van der Waals surface area contributed by atoms with E-state index in [0.29, 0.717) is 15.9 Å². The Kier molecular flexibility index (Phi) is 5.60. The van der Waals surface area contributed by atoms with Gasteiger partial charge in [-0.15, -0.1) is 0 Å². The van der Waals surface area contributed by atoms with Crippen LogP contribution in [0.4, 0.5) is 0 Å². The number of hydrogen-bond acceptors (Lipinski definition) is 3. The van der Waals surface area contributed by atoms with Crippen LogP contribution in [0, 0.1) is 6.92 Å². The fourth-order valence-electron chi connectivity index (χ4n) is 2.42. The van der Waals surface area contributed by atoms with Crippen molar-refractivity contribution in [1.82, 2.24) is 9.62 Å². The summed E-state index contributed by atoms with van der Waals surface area (Å²) < 4.78 is 27.7. The maximum atomic E-state index is 12.2. The molecule has 0 bridgehead atoms. The molecule has 1 aromatic rings. The highest BCUT2D eigenvalue weighted by Gasteiger charge is 2.17. The molecule has 0 atom stereocenters. The summed E-state index contributed by atoms with van der Waals surface area (Å²) in [7, 11) is -3.42. The maximum absolute atomic E-state index is 12.2. The summed E-state index contributed by atoms with van der Waals surface area (Å²) in [6, 6.07) is 5.27. The molecule has 1 N–H and O–H groups in total. The molecule has 2 rings (SSSR count). The van der Waals surface area contributed by atoms with Gasteiger partial charge in [0.2, 0.25) is 10.0 Å².